The highest BCUT2D eigenvalue weighted by Gasteiger charge is 2.76. The zero-order valence-electron chi connectivity index (χ0n) is 26.9. The van der Waals surface area contributed by atoms with Crippen LogP contribution in [0.15, 0.2) is 0 Å². The first-order chi connectivity index (χ1) is 18.5. The van der Waals surface area contributed by atoms with Gasteiger partial charge < -0.3 is 40.9 Å². The van der Waals surface area contributed by atoms with Gasteiger partial charge in [0.2, 0.25) is 0 Å². The minimum atomic E-state index is -3.28. The molecule has 0 radical (unpaired) electrons. The van der Waals surface area contributed by atoms with Crippen molar-refractivity contribution in [3.63, 3.8) is 0 Å². The van der Waals surface area contributed by atoms with Crippen molar-refractivity contribution >= 4 is 0 Å². The average molecular weight is 507 g/mol. The molecule has 4 fully saturated rings. The molecule has 4 aliphatic rings. The van der Waals surface area contributed by atoms with Gasteiger partial charge in [0.05, 0.1) is 33.3 Å². The SMILES string of the molecule is [2H]C([2H])([2H])[C@@]([2H])(CCC[C@@H](C)[C@H]1[C@@H](O)[C@@H](O)[C@@H]2[C@]1(C)CC[C@@H]1[C@@]3(C)CC[C@H](O)[C@H](O)[C@@H]3[C@@H](O)[C@@H](O)[C@]12O)C([2H])([2H])O. The lowest BCUT2D eigenvalue weighted by atomic mass is 9.40. The van der Waals surface area contributed by atoms with Crippen LogP contribution in [0.5, 0.6) is 0 Å². The van der Waals surface area contributed by atoms with E-state index in [1.54, 1.807) is 6.92 Å². The number of fused-ring (bicyclic) bond motifs is 5. The Bertz CT molecular complexity index is 966. The summed E-state index contributed by atoms with van der Waals surface area (Å²) in [5.41, 5.74) is -3.80. The fourth-order valence-corrected chi connectivity index (χ4v) is 9.39. The molecule has 0 spiro atoms. The van der Waals surface area contributed by atoms with E-state index in [1.165, 1.54) is 0 Å². The Balaban J connectivity index is 1.62. The van der Waals surface area contributed by atoms with E-state index in [4.69, 9.17) is 8.22 Å². The molecule has 0 aromatic rings. The Morgan fingerprint density at radius 1 is 0.943 bits per heavy atom. The summed E-state index contributed by atoms with van der Waals surface area (Å²) in [6.45, 7) is -0.927. The highest BCUT2D eigenvalue weighted by atomic mass is 16.4. The fraction of sp³-hybridized carbons (Fsp3) is 1.00. The Hall–Kier alpha value is -0.320. The zero-order valence-corrected chi connectivity index (χ0v) is 20.9. The number of hydrogen-bond acceptors (Lipinski definition) is 8. The van der Waals surface area contributed by atoms with E-state index in [1.807, 2.05) is 13.8 Å². The van der Waals surface area contributed by atoms with Crippen molar-refractivity contribution in [1.82, 2.24) is 0 Å². The van der Waals surface area contributed by atoms with Crippen molar-refractivity contribution in [2.45, 2.75) is 115 Å². The molecule has 0 amide bonds. The highest BCUT2D eigenvalue weighted by molar-refractivity contribution is 5.25. The summed E-state index contributed by atoms with van der Waals surface area (Å²) in [5.74, 6) is -6.37. The van der Waals surface area contributed by atoms with Gasteiger partial charge in [0, 0.05) is 23.9 Å². The maximum absolute atomic E-state index is 12.4. The largest absolute Gasteiger partial charge is 0.396 e. The molecule has 4 saturated carbocycles. The van der Waals surface area contributed by atoms with Gasteiger partial charge in [-0.2, -0.15) is 0 Å². The van der Waals surface area contributed by atoms with Gasteiger partial charge >= 0.3 is 0 Å². The second-order valence-corrected chi connectivity index (χ2v) is 12.5. The molecule has 204 valence electrons. The Labute approximate surface area is 217 Å². The molecule has 8 heteroatoms. The predicted molar refractivity (Wildman–Crippen MR) is 129 cm³/mol. The smallest absolute Gasteiger partial charge is 0.110 e. The predicted octanol–water partition coefficient (Wildman–Crippen LogP) is 0.410. The summed E-state index contributed by atoms with van der Waals surface area (Å²) in [6.07, 6.45) is -7.30. The number of hydrogen-bond donors (Lipinski definition) is 8. The van der Waals surface area contributed by atoms with Crippen LogP contribution in [-0.4, -0.2) is 89.6 Å². The third kappa shape index (κ3) is 3.85. The first-order valence-electron chi connectivity index (χ1n) is 16.0. The van der Waals surface area contributed by atoms with Gasteiger partial charge in [0.1, 0.15) is 11.7 Å². The van der Waals surface area contributed by atoms with Crippen LogP contribution in [0.4, 0.5) is 0 Å². The lowest BCUT2D eigenvalue weighted by molar-refractivity contribution is -0.322. The van der Waals surface area contributed by atoms with Crippen molar-refractivity contribution in [3.8, 4) is 0 Å². The lowest BCUT2D eigenvalue weighted by Crippen LogP contribution is -2.76. The van der Waals surface area contributed by atoms with Gasteiger partial charge in [-0.25, -0.2) is 0 Å². The summed E-state index contributed by atoms with van der Waals surface area (Å²) < 4.78 is 46.2. The van der Waals surface area contributed by atoms with Crippen LogP contribution in [0.2, 0.25) is 0 Å². The molecule has 0 unspecified atom stereocenters. The van der Waals surface area contributed by atoms with Gasteiger partial charge in [-0.3, -0.25) is 0 Å². The van der Waals surface area contributed by atoms with E-state index in [9.17, 15) is 40.9 Å². The van der Waals surface area contributed by atoms with Gasteiger partial charge in [0.15, 0.2) is 0 Å². The molecule has 4 aliphatic carbocycles. The van der Waals surface area contributed by atoms with Crippen LogP contribution in [0.1, 0.15) is 80.8 Å². The van der Waals surface area contributed by atoms with Gasteiger partial charge in [0.25, 0.3) is 0 Å². The van der Waals surface area contributed by atoms with Crippen LogP contribution in [0, 0.1) is 46.3 Å². The average Bonchev–Trinajstić information content (AvgIpc) is 3.04. The summed E-state index contributed by atoms with van der Waals surface area (Å²) in [5, 5.41) is 88.9. The molecule has 0 aliphatic heterocycles. The zero-order chi connectivity index (χ0) is 31.3. The van der Waals surface area contributed by atoms with E-state index in [0.29, 0.717) is 19.3 Å². The van der Waals surface area contributed by atoms with Crippen LogP contribution < -0.4 is 0 Å². The van der Waals surface area contributed by atoms with Gasteiger partial charge in [-0.05, 0) is 66.6 Å². The molecule has 8 N–H and O–H groups in total. The van der Waals surface area contributed by atoms with Crippen molar-refractivity contribution in [2.24, 2.45) is 46.3 Å². The van der Waals surface area contributed by atoms with Crippen molar-refractivity contribution in [1.29, 1.82) is 0 Å². The van der Waals surface area contributed by atoms with E-state index < -0.39 is 102 Å². The maximum Gasteiger partial charge on any atom is 0.110 e. The second-order valence-electron chi connectivity index (χ2n) is 12.5. The Morgan fingerprint density at radius 2 is 1.60 bits per heavy atom. The molecule has 0 bridgehead atoms. The van der Waals surface area contributed by atoms with Crippen LogP contribution in [0.25, 0.3) is 0 Å². The Kier molecular flexibility index (Phi) is 5.57. The normalized spacial score (nSPS) is 59.7. The minimum Gasteiger partial charge on any atom is -0.396 e. The third-order valence-electron chi connectivity index (χ3n) is 10.9. The van der Waals surface area contributed by atoms with Gasteiger partial charge in [-0.15, -0.1) is 0 Å². The molecule has 0 saturated heterocycles. The minimum absolute atomic E-state index is 0.0391. The molecule has 35 heavy (non-hydrogen) atoms. The molecular weight excluding hydrogens is 452 g/mol. The van der Waals surface area contributed by atoms with Crippen molar-refractivity contribution in [3.05, 3.63) is 0 Å². The van der Waals surface area contributed by atoms with Crippen molar-refractivity contribution in [2.75, 3.05) is 6.56 Å². The van der Waals surface area contributed by atoms with E-state index in [2.05, 4.69) is 0 Å². The molecule has 4 rings (SSSR count). The summed E-state index contributed by atoms with van der Waals surface area (Å²) >= 11 is 0. The monoisotopic (exact) mass is 506 g/mol. The number of aliphatic hydroxyl groups excluding tert-OH is 6. The molecule has 0 heterocycles. The van der Waals surface area contributed by atoms with E-state index in [-0.39, 0.29) is 25.2 Å². The first-order valence-corrected chi connectivity index (χ1v) is 13.0. The first kappa shape index (κ1) is 20.6. The van der Waals surface area contributed by atoms with Gasteiger partial charge in [-0.1, -0.05) is 40.5 Å². The molecule has 0 aromatic heterocycles. The quantitative estimate of drug-likeness (QED) is 0.257. The summed E-state index contributed by atoms with van der Waals surface area (Å²) in [7, 11) is 0. The van der Waals surface area contributed by atoms with Crippen LogP contribution in [-0.2, 0) is 0 Å². The molecular formula is C27H48O8. The second kappa shape index (κ2) is 9.45. The number of rotatable bonds is 6. The third-order valence-corrected chi connectivity index (χ3v) is 10.9. The fourth-order valence-electron chi connectivity index (χ4n) is 9.39. The molecule has 8 nitrogen and oxygen atoms in total. The van der Waals surface area contributed by atoms with E-state index in [0.717, 1.165) is 0 Å². The van der Waals surface area contributed by atoms with E-state index >= 15 is 0 Å². The lowest BCUT2D eigenvalue weighted by Gasteiger charge is -2.67. The maximum atomic E-state index is 12.4. The molecule has 0 aromatic carbocycles. The summed E-state index contributed by atoms with van der Waals surface area (Å²) in [4.78, 5) is 0. The standard InChI is InChI=1S/C27H48O8/c1-13(12-28)6-5-7-14(2)17-20(31)22(33)23-26(17,4)11-9-16-25(3)10-8-15(29)19(30)18(25)21(32)24(34)27(16,23)35/h13-24,28-35H,5-12H2,1-4H3/t13-,14+,15-,16+,17-,18+,19-,20+,21+,22+,23+,24+,25+,26+,27-/m0/s1/i1D3,12D2,13D. The molecule has 15 atom stereocenters. The summed E-state index contributed by atoms with van der Waals surface area (Å²) in [6, 6.07) is 0. The number of aliphatic hydroxyl groups is 8. The van der Waals surface area contributed by atoms with Crippen molar-refractivity contribution < 1.29 is 49.1 Å². The van der Waals surface area contributed by atoms with Crippen LogP contribution >= 0.6 is 0 Å². The highest BCUT2D eigenvalue weighted by Crippen LogP contribution is 2.69. The Morgan fingerprint density at radius 3 is 2.23 bits per heavy atom. The topological polar surface area (TPSA) is 162 Å². The van der Waals surface area contributed by atoms with Crippen LogP contribution in [0.3, 0.4) is 0 Å².